The van der Waals surface area contributed by atoms with Crippen molar-refractivity contribution in [2.45, 2.75) is 13.8 Å². The highest BCUT2D eigenvalue weighted by Gasteiger charge is 2.27. The molecule has 7 heteroatoms. The SMILES string of the molecule is CNC(=O)C(C)(C)CNC(=O)c1ccc(/C=C/C(=O)O)s1. The molecule has 3 N–H and O–H groups in total. The molecule has 0 bridgehead atoms. The molecule has 0 atom stereocenters. The zero-order valence-corrected chi connectivity index (χ0v) is 12.9. The Morgan fingerprint density at radius 3 is 2.57 bits per heavy atom. The summed E-state index contributed by atoms with van der Waals surface area (Å²) in [5, 5.41) is 13.8. The molecule has 114 valence electrons. The van der Waals surface area contributed by atoms with E-state index in [0.29, 0.717) is 9.75 Å². The lowest BCUT2D eigenvalue weighted by Crippen LogP contribution is -2.43. The number of nitrogens with one attached hydrogen (secondary N) is 2. The summed E-state index contributed by atoms with van der Waals surface area (Å²) in [5.41, 5.74) is -0.701. The van der Waals surface area contributed by atoms with Crippen molar-refractivity contribution in [3.8, 4) is 0 Å². The van der Waals surface area contributed by atoms with Crippen LogP contribution in [0.1, 0.15) is 28.4 Å². The first-order valence-corrected chi connectivity index (χ1v) is 7.09. The highest BCUT2D eigenvalue weighted by Crippen LogP contribution is 2.19. The van der Waals surface area contributed by atoms with Crippen LogP contribution in [0.5, 0.6) is 0 Å². The number of aliphatic carboxylic acids is 1. The van der Waals surface area contributed by atoms with E-state index < -0.39 is 11.4 Å². The molecule has 0 aliphatic carbocycles. The van der Waals surface area contributed by atoms with Crippen LogP contribution in [0, 0.1) is 5.41 Å². The Hall–Kier alpha value is -2.15. The van der Waals surface area contributed by atoms with Gasteiger partial charge in [0.15, 0.2) is 0 Å². The molecule has 0 saturated heterocycles. The van der Waals surface area contributed by atoms with Gasteiger partial charge in [0, 0.05) is 24.5 Å². The van der Waals surface area contributed by atoms with Crippen LogP contribution >= 0.6 is 11.3 Å². The van der Waals surface area contributed by atoms with Gasteiger partial charge in [0.25, 0.3) is 5.91 Å². The van der Waals surface area contributed by atoms with Crippen molar-refractivity contribution >= 4 is 35.2 Å². The quantitative estimate of drug-likeness (QED) is 0.691. The highest BCUT2D eigenvalue weighted by molar-refractivity contribution is 7.14. The van der Waals surface area contributed by atoms with E-state index in [1.165, 1.54) is 17.4 Å². The van der Waals surface area contributed by atoms with Gasteiger partial charge in [-0.3, -0.25) is 9.59 Å². The Bertz CT molecular complexity index is 575. The number of thiophene rings is 1. The summed E-state index contributed by atoms with van der Waals surface area (Å²) in [4.78, 5) is 35.2. The van der Waals surface area contributed by atoms with Gasteiger partial charge in [-0.05, 0) is 32.1 Å². The second kappa shape index (κ2) is 7.03. The largest absolute Gasteiger partial charge is 0.478 e. The van der Waals surface area contributed by atoms with E-state index in [0.717, 1.165) is 6.08 Å². The summed E-state index contributed by atoms with van der Waals surface area (Å²) >= 11 is 1.18. The molecule has 0 unspecified atom stereocenters. The number of carbonyl (C=O) groups excluding carboxylic acids is 2. The van der Waals surface area contributed by atoms with Crippen molar-refractivity contribution in [3.63, 3.8) is 0 Å². The average molecular weight is 310 g/mol. The predicted octanol–water partition coefficient (Wildman–Crippen LogP) is 1.35. The second-order valence-electron chi connectivity index (χ2n) is 5.02. The fourth-order valence-electron chi connectivity index (χ4n) is 1.52. The van der Waals surface area contributed by atoms with Gasteiger partial charge in [0.1, 0.15) is 0 Å². The summed E-state index contributed by atoms with van der Waals surface area (Å²) in [7, 11) is 1.55. The Kier molecular flexibility index (Phi) is 5.66. The van der Waals surface area contributed by atoms with E-state index in [1.54, 1.807) is 33.0 Å². The first-order valence-electron chi connectivity index (χ1n) is 6.27. The molecule has 1 aromatic rings. The standard InChI is InChI=1S/C14H18N2O4S/c1-14(2,13(20)15-3)8-16-12(19)10-6-4-9(21-10)5-7-11(17)18/h4-7H,8H2,1-3H3,(H,15,20)(H,16,19)(H,17,18)/b7-5+. The molecule has 0 radical (unpaired) electrons. The van der Waals surface area contributed by atoms with Crippen molar-refractivity contribution in [1.82, 2.24) is 10.6 Å². The maximum absolute atomic E-state index is 12.0. The molecule has 1 rings (SSSR count). The van der Waals surface area contributed by atoms with Crippen LogP contribution in [0.3, 0.4) is 0 Å². The molecule has 1 heterocycles. The van der Waals surface area contributed by atoms with Crippen LogP contribution in [0.15, 0.2) is 18.2 Å². The molecule has 0 aromatic carbocycles. The third-order valence-electron chi connectivity index (χ3n) is 2.77. The minimum Gasteiger partial charge on any atom is -0.478 e. The Labute approximate surface area is 126 Å². The monoisotopic (exact) mass is 310 g/mol. The number of rotatable bonds is 6. The number of amides is 2. The maximum Gasteiger partial charge on any atom is 0.328 e. The van der Waals surface area contributed by atoms with Crippen LogP contribution in [0.4, 0.5) is 0 Å². The second-order valence-corrected chi connectivity index (χ2v) is 6.13. The van der Waals surface area contributed by atoms with E-state index in [4.69, 9.17) is 5.11 Å². The molecular formula is C14H18N2O4S. The van der Waals surface area contributed by atoms with Gasteiger partial charge in [-0.25, -0.2) is 4.79 Å². The smallest absolute Gasteiger partial charge is 0.328 e. The van der Waals surface area contributed by atoms with Gasteiger partial charge >= 0.3 is 5.97 Å². The third-order valence-corrected chi connectivity index (χ3v) is 3.82. The van der Waals surface area contributed by atoms with Gasteiger partial charge in [-0.15, -0.1) is 11.3 Å². The van der Waals surface area contributed by atoms with Crippen molar-refractivity contribution in [3.05, 3.63) is 28.0 Å². The molecule has 0 aliphatic heterocycles. The molecule has 0 saturated carbocycles. The average Bonchev–Trinajstić information content (AvgIpc) is 2.90. The Balaban J connectivity index is 2.65. The van der Waals surface area contributed by atoms with Crippen molar-refractivity contribution in [1.29, 1.82) is 0 Å². The van der Waals surface area contributed by atoms with E-state index in [9.17, 15) is 14.4 Å². The minimum absolute atomic E-state index is 0.154. The highest BCUT2D eigenvalue weighted by atomic mass is 32.1. The number of hydrogen-bond donors (Lipinski definition) is 3. The maximum atomic E-state index is 12.0. The summed E-state index contributed by atoms with van der Waals surface area (Å²) < 4.78 is 0. The van der Waals surface area contributed by atoms with E-state index in [-0.39, 0.29) is 18.4 Å². The van der Waals surface area contributed by atoms with Crippen LogP contribution in [-0.4, -0.2) is 36.5 Å². The van der Waals surface area contributed by atoms with Crippen LogP contribution in [-0.2, 0) is 9.59 Å². The molecule has 0 aliphatic rings. The lowest BCUT2D eigenvalue weighted by molar-refractivity contribution is -0.131. The number of carboxylic acids is 1. The summed E-state index contributed by atoms with van der Waals surface area (Å²) in [5.74, 6) is -1.48. The third kappa shape index (κ3) is 5.03. The van der Waals surface area contributed by atoms with Gasteiger partial charge in [0.2, 0.25) is 5.91 Å². The first kappa shape index (κ1) is 16.9. The Morgan fingerprint density at radius 2 is 2.00 bits per heavy atom. The van der Waals surface area contributed by atoms with E-state index in [2.05, 4.69) is 10.6 Å². The minimum atomic E-state index is -1.04. The molecule has 2 amide bonds. The molecular weight excluding hydrogens is 292 g/mol. The fraction of sp³-hybridized carbons (Fsp3) is 0.357. The topological polar surface area (TPSA) is 95.5 Å². The van der Waals surface area contributed by atoms with Crippen LogP contribution in [0.25, 0.3) is 6.08 Å². The van der Waals surface area contributed by atoms with Gasteiger partial charge in [-0.1, -0.05) is 0 Å². The zero-order chi connectivity index (χ0) is 16.0. The predicted molar refractivity (Wildman–Crippen MR) is 81.2 cm³/mol. The molecule has 6 nitrogen and oxygen atoms in total. The molecule has 1 aromatic heterocycles. The van der Waals surface area contributed by atoms with E-state index >= 15 is 0 Å². The van der Waals surface area contributed by atoms with Crippen molar-refractivity contribution in [2.75, 3.05) is 13.6 Å². The number of carboxylic acid groups (broad SMARTS) is 1. The van der Waals surface area contributed by atoms with Crippen molar-refractivity contribution in [2.24, 2.45) is 5.41 Å². The Morgan fingerprint density at radius 1 is 1.33 bits per heavy atom. The van der Waals surface area contributed by atoms with Gasteiger partial charge in [0.05, 0.1) is 10.3 Å². The first-order chi connectivity index (χ1) is 9.76. The van der Waals surface area contributed by atoms with Crippen LogP contribution in [0.2, 0.25) is 0 Å². The molecule has 0 spiro atoms. The van der Waals surface area contributed by atoms with Crippen molar-refractivity contribution < 1.29 is 19.5 Å². The zero-order valence-electron chi connectivity index (χ0n) is 12.1. The summed E-state index contributed by atoms with van der Waals surface area (Å²) in [6.07, 6.45) is 2.44. The normalized spacial score (nSPS) is 11.4. The van der Waals surface area contributed by atoms with Crippen LogP contribution < -0.4 is 10.6 Å². The lowest BCUT2D eigenvalue weighted by Gasteiger charge is -2.22. The van der Waals surface area contributed by atoms with E-state index in [1.807, 2.05) is 0 Å². The van der Waals surface area contributed by atoms with Gasteiger partial charge < -0.3 is 15.7 Å². The van der Waals surface area contributed by atoms with Gasteiger partial charge in [-0.2, -0.15) is 0 Å². The molecule has 0 fully saturated rings. The fourth-order valence-corrected chi connectivity index (χ4v) is 2.35. The summed E-state index contributed by atoms with van der Waals surface area (Å²) in [6.45, 7) is 3.69. The lowest BCUT2D eigenvalue weighted by atomic mass is 9.92. The number of carbonyl (C=O) groups is 3. The number of hydrogen-bond acceptors (Lipinski definition) is 4. The summed E-state index contributed by atoms with van der Waals surface area (Å²) in [6, 6.07) is 3.29. The molecule has 21 heavy (non-hydrogen) atoms.